The average Bonchev–Trinajstić information content (AvgIpc) is 3.55. The van der Waals surface area contributed by atoms with Crippen LogP contribution < -0.4 is 5.73 Å². The van der Waals surface area contributed by atoms with Gasteiger partial charge in [0.25, 0.3) is 0 Å². The number of aliphatic imine (C=N–C) groups is 1. The molecule has 0 radical (unpaired) electrons. The Hall–Kier alpha value is -3.12. The number of amides is 1. The van der Waals surface area contributed by atoms with Crippen LogP contribution in [0.3, 0.4) is 0 Å². The molecule has 13 heteroatoms. The first-order valence-electron chi connectivity index (χ1n) is 10.5. The Bertz CT molecular complexity index is 1030. The number of ketones is 1. The van der Waals surface area contributed by atoms with Crippen molar-refractivity contribution in [2.45, 2.75) is 57.4 Å². The van der Waals surface area contributed by atoms with Crippen LogP contribution in [0.25, 0.3) is 0 Å². The molecule has 0 unspecified atom stereocenters. The minimum absolute atomic E-state index is 0.0904. The predicted molar refractivity (Wildman–Crippen MR) is 112 cm³/mol. The van der Waals surface area contributed by atoms with Crippen LogP contribution in [0.15, 0.2) is 29.3 Å². The van der Waals surface area contributed by atoms with Crippen LogP contribution in [0.2, 0.25) is 0 Å². The summed E-state index contributed by atoms with van der Waals surface area (Å²) >= 11 is 0. The molecular formula is C22H25F6N3O4. The lowest BCUT2D eigenvalue weighted by atomic mass is 9.76. The minimum atomic E-state index is -5.08. The predicted octanol–water partition coefficient (Wildman–Crippen LogP) is 3.80. The van der Waals surface area contributed by atoms with Crippen molar-refractivity contribution >= 4 is 23.6 Å². The molecule has 1 aliphatic heterocycles. The van der Waals surface area contributed by atoms with Crippen LogP contribution in [0, 0.1) is 11.3 Å². The number of hydrogen-bond donors (Lipinski definition) is 2. The smallest absolute Gasteiger partial charge is 0.475 e. The molecule has 3 rings (SSSR count). The molecule has 1 aromatic rings. The zero-order valence-corrected chi connectivity index (χ0v) is 19.1. The van der Waals surface area contributed by atoms with Crippen molar-refractivity contribution in [3.8, 4) is 0 Å². The van der Waals surface area contributed by atoms with Crippen LogP contribution in [-0.2, 0) is 26.3 Å². The van der Waals surface area contributed by atoms with Crippen molar-refractivity contribution in [3.05, 3.63) is 35.4 Å². The Morgan fingerprint density at radius 3 is 2.17 bits per heavy atom. The molecule has 0 saturated heterocycles. The number of halogens is 6. The topological polar surface area (TPSA) is 113 Å². The van der Waals surface area contributed by atoms with Gasteiger partial charge in [-0.15, -0.1) is 0 Å². The Kier molecular flexibility index (Phi) is 7.63. The summed E-state index contributed by atoms with van der Waals surface area (Å²) in [5.74, 6) is -4.09. The summed E-state index contributed by atoms with van der Waals surface area (Å²) in [4.78, 5) is 39.7. The van der Waals surface area contributed by atoms with E-state index in [1.807, 2.05) is 6.92 Å². The van der Waals surface area contributed by atoms with E-state index < -0.39 is 41.0 Å². The Morgan fingerprint density at radius 2 is 1.74 bits per heavy atom. The highest BCUT2D eigenvalue weighted by molar-refractivity contribution is 6.00. The highest BCUT2D eigenvalue weighted by Crippen LogP contribution is 2.58. The van der Waals surface area contributed by atoms with Gasteiger partial charge in [-0.3, -0.25) is 14.5 Å². The monoisotopic (exact) mass is 509 g/mol. The SMILES string of the molecule is CC[C@H]1C(=O)N(C)C(N)=N[C@]1(C)c1cccc(CC(=O)C2(C(F)(F)F)CC2)c1.O=C(O)C(F)(F)F. The van der Waals surface area contributed by atoms with E-state index in [1.54, 1.807) is 38.2 Å². The fourth-order valence-electron chi connectivity index (χ4n) is 4.01. The number of hydrogen-bond acceptors (Lipinski definition) is 5. The lowest BCUT2D eigenvalue weighted by Crippen LogP contribution is -2.53. The number of benzene rings is 1. The zero-order chi connectivity index (χ0) is 27.0. The number of guanidine groups is 1. The quantitative estimate of drug-likeness (QED) is 0.587. The molecule has 1 amide bonds. The molecule has 2 atom stereocenters. The standard InChI is InChI=1S/C20H24F3N3O2.C2HF3O2/c1-4-14-16(28)26(3)17(24)25-18(14,2)13-7-5-6-12(10-13)11-15(27)19(8-9-19)20(21,22)23;3-2(4,5)1(6)7/h5-7,10,14H,4,8-9,11H2,1-3H3,(H2,24,25);(H,6,7)/t14-,18+;/m0./s1. The summed E-state index contributed by atoms with van der Waals surface area (Å²) in [6, 6.07) is 6.74. The van der Waals surface area contributed by atoms with Crippen molar-refractivity contribution in [2.24, 2.45) is 22.1 Å². The van der Waals surface area contributed by atoms with Gasteiger partial charge in [0.1, 0.15) is 5.41 Å². The second-order valence-electron chi connectivity index (χ2n) is 8.66. The van der Waals surface area contributed by atoms with Gasteiger partial charge in [0.05, 0.1) is 11.5 Å². The van der Waals surface area contributed by atoms with Crippen LogP contribution in [-0.4, -0.2) is 53.0 Å². The molecule has 35 heavy (non-hydrogen) atoms. The summed E-state index contributed by atoms with van der Waals surface area (Å²) in [5, 5.41) is 7.12. The van der Waals surface area contributed by atoms with Gasteiger partial charge in [-0.25, -0.2) is 9.79 Å². The van der Waals surface area contributed by atoms with Gasteiger partial charge in [0.2, 0.25) is 5.91 Å². The summed E-state index contributed by atoms with van der Waals surface area (Å²) in [6.07, 6.45) is -9.66. The third kappa shape index (κ3) is 5.59. The summed E-state index contributed by atoms with van der Waals surface area (Å²) in [5.41, 5.74) is 3.91. The summed E-state index contributed by atoms with van der Waals surface area (Å²) in [6.45, 7) is 3.66. The van der Waals surface area contributed by atoms with Gasteiger partial charge in [-0.1, -0.05) is 31.2 Å². The van der Waals surface area contributed by atoms with E-state index >= 15 is 0 Å². The minimum Gasteiger partial charge on any atom is -0.475 e. The molecule has 3 N–H and O–H groups in total. The molecular weight excluding hydrogens is 484 g/mol. The number of carboxylic acid groups (broad SMARTS) is 1. The molecule has 2 aliphatic rings. The lowest BCUT2D eigenvalue weighted by Gasteiger charge is -2.40. The van der Waals surface area contributed by atoms with E-state index in [4.69, 9.17) is 15.6 Å². The van der Waals surface area contributed by atoms with Crippen molar-refractivity contribution in [1.29, 1.82) is 0 Å². The molecule has 0 aromatic heterocycles. The largest absolute Gasteiger partial charge is 0.490 e. The molecule has 1 aromatic carbocycles. The highest BCUT2D eigenvalue weighted by atomic mass is 19.4. The number of Topliss-reactive ketones (excluding diaryl/α,β-unsaturated/α-hetero) is 1. The van der Waals surface area contributed by atoms with Gasteiger partial charge in [-0.05, 0) is 37.3 Å². The third-order valence-corrected chi connectivity index (χ3v) is 6.35. The van der Waals surface area contributed by atoms with Gasteiger partial charge in [0.15, 0.2) is 11.7 Å². The number of nitrogens with zero attached hydrogens (tertiary/aromatic N) is 2. The second kappa shape index (κ2) is 9.50. The number of aliphatic carboxylic acids is 1. The highest BCUT2D eigenvalue weighted by Gasteiger charge is 2.67. The number of rotatable bonds is 5. The zero-order valence-electron chi connectivity index (χ0n) is 19.1. The first-order valence-corrected chi connectivity index (χ1v) is 10.5. The molecule has 1 fully saturated rings. The van der Waals surface area contributed by atoms with E-state index in [9.17, 15) is 35.9 Å². The average molecular weight is 509 g/mol. The van der Waals surface area contributed by atoms with E-state index in [0.717, 1.165) is 0 Å². The molecule has 1 heterocycles. The maximum atomic E-state index is 13.2. The maximum Gasteiger partial charge on any atom is 0.490 e. The Balaban J connectivity index is 0.000000540. The first-order chi connectivity index (χ1) is 15.9. The van der Waals surface area contributed by atoms with Crippen LogP contribution in [0.5, 0.6) is 0 Å². The molecule has 7 nitrogen and oxygen atoms in total. The summed E-state index contributed by atoms with van der Waals surface area (Å²) in [7, 11) is 1.56. The molecule has 194 valence electrons. The molecule has 0 bridgehead atoms. The Labute approximate surface area is 197 Å². The van der Waals surface area contributed by atoms with Gasteiger partial charge in [-0.2, -0.15) is 26.3 Å². The number of carbonyl (C=O) groups is 3. The van der Waals surface area contributed by atoms with Gasteiger partial charge >= 0.3 is 18.3 Å². The first kappa shape index (κ1) is 28.1. The van der Waals surface area contributed by atoms with Crippen LogP contribution in [0.1, 0.15) is 44.2 Å². The summed E-state index contributed by atoms with van der Waals surface area (Å²) < 4.78 is 71.4. The molecule has 1 saturated carbocycles. The second-order valence-corrected chi connectivity index (χ2v) is 8.66. The number of nitrogens with two attached hydrogens (primary N) is 1. The fourth-order valence-corrected chi connectivity index (χ4v) is 4.01. The van der Waals surface area contributed by atoms with Gasteiger partial charge in [0, 0.05) is 13.5 Å². The lowest BCUT2D eigenvalue weighted by molar-refractivity contribution is -0.193. The van der Waals surface area contributed by atoms with Crippen molar-refractivity contribution in [1.82, 2.24) is 4.90 Å². The fraction of sp³-hybridized carbons (Fsp3) is 0.545. The Morgan fingerprint density at radius 1 is 1.20 bits per heavy atom. The van der Waals surface area contributed by atoms with E-state index in [1.165, 1.54) is 4.90 Å². The van der Waals surface area contributed by atoms with Gasteiger partial charge < -0.3 is 10.8 Å². The molecule has 1 aliphatic carbocycles. The number of carbonyl (C=O) groups excluding carboxylic acids is 2. The maximum absolute atomic E-state index is 13.2. The van der Waals surface area contributed by atoms with E-state index in [-0.39, 0.29) is 31.1 Å². The normalized spacial score (nSPS) is 23.7. The van der Waals surface area contributed by atoms with Crippen molar-refractivity contribution in [3.63, 3.8) is 0 Å². The molecule has 0 spiro atoms. The van der Waals surface area contributed by atoms with Crippen molar-refractivity contribution < 1.29 is 45.8 Å². The van der Waals surface area contributed by atoms with Crippen LogP contribution in [0.4, 0.5) is 26.3 Å². The van der Waals surface area contributed by atoms with Crippen molar-refractivity contribution in [2.75, 3.05) is 7.05 Å². The number of alkyl halides is 6. The third-order valence-electron chi connectivity index (χ3n) is 6.35. The number of carboxylic acids is 1. The van der Waals surface area contributed by atoms with Crippen LogP contribution >= 0.6 is 0 Å². The van der Waals surface area contributed by atoms with E-state index in [2.05, 4.69) is 4.99 Å². The van der Waals surface area contributed by atoms with E-state index in [0.29, 0.717) is 17.5 Å².